The van der Waals surface area contributed by atoms with Crippen molar-refractivity contribution in [2.24, 2.45) is 0 Å². The van der Waals surface area contributed by atoms with E-state index in [1.807, 2.05) is 6.92 Å². The number of halogens is 2. The molecule has 1 heterocycles. The van der Waals surface area contributed by atoms with Crippen molar-refractivity contribution in [2.45, 2.75) is 37.5 Å². The third-order valence-corrected chi connectivity index (χ3v) is 7.88. The third kappa shape index (κ3) is 6.01. The molecule has 172 valence electrons. The van der Waals surface area contributed by atoms with Crippen molar-refractivity contribution < 1.29 is 18.0 Å². The number of aryl methyl sites for hydroxylation is 1. The number of sulfonamides is 1. The zero-order valence-electron chi connectivity index (χ0n) is 17.7. The highest BCUT2D eigenvalue weighted by Gasteiger charge is 2.28. The molecule has 2 aromatic rings. The summed E-state index contributed by atoms with van der Waals surface area (Å²) in [5, 5.41) is 5.57. The molecule has 0 atom stereocenters. The van der Waals surface area contributed by atoms with Gasteiger partial charge in [0.2, 0.25) is 15.9 Å². The van der Waals surface area contributed by atoms with Gasteiger partial charge < -0.3 is 10.6 Å². The highest BCUT2D eigenvalue weighted by molar-refractivity contribution is 7.89. The lowest BCUT2D eigenvalue weighted by Crippen LogP contribution is -2.34. The van der Waals surface area contributed by atoms with Crippen molar-refractivity contribution in [3.8, 4) is 0 Å². The summed E-state index contributed by atoms with van der Waals surface area (Å²) in [7, 11) is -3.82. The maximum Gasteiger partial charge on any atom is 0.251 e. The Morgan fingerprint density at radius 2 is 1.66 bits per heavy atom. The number of nitrogens with zero attached hydrogens (tertiary/aromatic N) is 1. The van der Waals surface area contributed by atoms with E-state index in [0.29, 0.717) is 23.8 Å². The molecule has 32 heavy (non-hydrogen) atoms. The Morgan fingerprint density at radius 1 is 0.969 bits per heavy atom. The largest absolute Gasteiger partial charge is 0.343 e. The van der Waals surface area contributed by atoms with E-state index in [9.17, 15) is 18.0 Å². The molecule has 3 rings (SSSR count). The first-order valence-electron chi connectivity index (χ1n) is 10.3. The van der Waals surface area contributed by atoms with Gasteiger partial charge in [-0.1, -0.05) is 42.1 Å². The first-order valence-corrected chi connectivity index (χ1v) is 12.5. The molecule has 2 aromatic carbocycles. The van der Waals surface area contributed by atoms with Crippen molar-refractivity contribution in [1.29, 1.82) is 0 Å². The van der Waals surface area contributed by atoms with Crippen LogP contribution in [0.4, 0.5) is 5.69 Å². The molecule has 0 radical (unpaired) electrons. The van der Waals surface area contributed by atoms with Gasteiger partial charge in [-0.3, -0.25) is 9.59 Å². The van der Waals surface area contributed by atoms with Crippen LogP contribution in [0.5, 0.6) is 0 Å². The number of amides is 2. The third-order valence-electron chi connectivity index (χ3n) is 5.18. The minimum Gasteiger partial charge on any atom is -0.343 e. The van der Waals surface area contributed by atoms with E-state index in [4.69, 9.17) is 23.2 Å². The smallest absolute Gasteiger partial charge is 0.251 e. The van der Waals surface area contributed by atoms with E-state index in [1.165, 1.54) is 22.5 Å². The van der Waals surface area contributed by atoms with Crippen LogP contribution in [0.3, 0.4) is 0 Å². The quantitative estimate of drug-likeness (QED) is 0.623. The molecule has 1 aliphatic rings. The van der Waals surface area contributed by atoms with E-state index < -0.39 is 21.8 Å². The number of rotatable bonds is 6. The molecule has 0 unspecified atom stereocenters. The predicted octanol–water partition coefficient (Wildman–Crippen LogP) is 4.24. The van der Waals surface area contributed by atoms with Crippen molar-refractivity contribution in [3.63, 3.8) is 0 Å². The number of hydrogen-bond donors (Lipinski definition) is 2. The summed E-state index contributed by atoms with van der Waals surface area (Å²) >= 11 is 12.3. The average Bonchev–Trinajstić information content (AvgIpc) is 3.04. The fourth-order valence-electron chi connectivity index (χ4n) is 3.44. The molecule has 0 aromatic heterocycles. The Kier molecular flexibility index (Phi) is 8.16. The molecular weight excluding hydrogens is 473 g/mol. The summed E-state index contributed by atoms with van der Waals surface area (Å²) in [5.74, 6) is -1.05. The summed E-state index contributed by atoms with van der Waals surface area (Å²) in [6.07, 6.45) is 3.55. The highest BCUT2D eigenvalue weighted by atomic mass is 35.5. The predicted molar refractivity (Wildman–Crippen MR) is 126 cm³/mol. The summed E-state index contributed by atoms with van der Waals surface area (Å²) in [5.41, 5.74) is 1.49. The zero-order chi connectivity index (χ0) is 23.3. The van der Waals surface area contributed by atoms with Crippen LogP contribution in [0.25, 0.3) is 0 Å². The molecule has 10 heteroatoms. The number of anilines is 1. The van der Waals surface area contributed by atoms with Crippen molar-refractivity contribution in [1.82, 2.24) is 9.62 Å². The van der Waals surface area contributed by atoms with Gasteiger partial charge in [0.15, 0.2) is 0 Å². The van der Waals surface area contributed by atoms with Crippen LogP contribution < -0.4 is 10.6 Å². The maximum atomic E-state index is 13.1. The van der Waals surface area contributed by atoms with Gasteiger partial charge in [0.25, 0.3) is 5.91 Å². The van der Waals surface area contributed by atoms with E-state index in [0.717, 1.165) is 31.2 Å². The first kappa shape index (κ1) is 24.5. The minimum atomic E-state index is -3.82. The van der Waals surface area contributed by atoms with Gasteiger partial charge >= 0.3 is 0 Å². The standard InChI is InChI=1S/C22H25Cl2N3O4S/c1-15-6-9-19(18(24)12-15)26-21(28)14-25-22(29)16-7-8-17(23)20(13-16)32(30,31)27-10-4-2-3-5-11-27/h6-9,12-13H,2-5,10-11,14H2,1H3,(H,25,29)(H,26,28). The minimum absolute atomic E-state index is 0.0533. The maximum absolute atomic E-state index is 13.1. The highest BCUT2D eigenvalue weighted by Crippen LogP contribution is 2.28. The zero-order valence-corrected chi connectivity index (χ0v) is 20.0. The number of carbonyl (C=O) groups excluding carboxylic acids is 2. The molecule has 7 nitrogen and oxygen atoms in total. The van der Waals surface area contributed by atoms with Crippen LogP contribution in [-0.4, -0.2) is 44.2 Å². The van der Waals surface area contributed by atoms with Gasteiger partial charge in [-0.25, -0.2) is 8.42 Å². The number of benzene rings is 2. The first-order chi connectivity index (χ1) is 15.2. The second-order valence-corrected chi connectivity index (χ2v) is 10.4. The second-order valence-electron chi connectivity index (χ2n) is 7.68. The van der Waals surface area contributed by atoms with Gasteiger partial charge in [0.1, 0.15) is 4.90 Å². The van der Waals surface area contributed by atoms with Crippen LogP contribution in [0.15, 0.2) is 41.3 Å². The Hall–Kier alpha value is -2.13. The molecule has 1 aliphatic heterocycles. The van der Waals surface area contributed by atoms with Crippen molar-refractivity contribution in [3.05, 3.63) is 57.6 Å². The van der Waals surface area contributed by atoms with Gasteiger partial charge in [-0.15, -0.1) is 0 Å². The molecule has 0 bridgehead atoms. The van der Waals surface area contributed by atoms with Crippen LogP contribution in [0, 0.1) is 6.92 Å². The van der Waals surface area contributed by atoms with Gasteiger partial charge in [-0.05, 0) is 55.7 Å². The average molecular weight is 498 g/mol. The molecule has 1 fully saturated rings. The Balaban J connectivity index is 1.68. The molecule has 1 saturated heterocycles. The lowest BCUT2D eigenvalue weighted by Gasteiger charge is -2.21. The molecule has 2 amide bonds. The second kappa shape index (κ2) is 10.7. The van der Waals surface area contributed by atoms with Crippen molar-refractivity contribution >= 4 is 50.7 Å². The lowest BCUT2D eigenvalue weighted by molar-refractivity contribution is -0.115. The topological polar surface area (TPSA) is 95.6 Å². The van der Waals surface area contributed by atoms with Gasteiger partial charge in [0, 0.05) is 18.7 Å². The Morgan fingerprint density at radius 3 is 2.31 bits per heavy atom. The molecule has 0 saturated carbocycles. The van der Waals surface area contributed by atoms with Crippen LogP contribution >= 0.6 is 23.2 Å². The normalized spacial score (nSPS) is 15.1. The van der Waals surface area contributed by atoms with E-state index in [2.05, 4.69) is 10.6 Å². The van der Waals surface area contributed by atoms with Crippen molar-refractivity contribution in [2.75, 3.05) is 25.0 Å². The van der Waals surface area contributed by atoms with Crippen LogP contribution in [-0.2, 0) is 14.8 Å². The summed E-state index contributed by atoms with van der Waals surface area (Å²) < 4.78 is 27.6. The summed E-state index contributed by atoms with van der Waals surface area (Å²) in [6.45, 7) is 2.43. The Labute approximate surface area is 198 Å². The van der Waals surface area contributed by atoms with Crippen LogP contribution in [0.1, 0.15) is 41.6 Å². The lowest BCUT2D eigenvalue weighted by atomic mass is 10.2. The van der Waals surface area contributed by atoms with E-state index >= 15 is 0 Å². The molecule has 0 spiro atoms. The molecular formula is C22H25Cl2N3O4S. The molecule has 0 aliphatic carbocycles. The van der Waals surface area contributed by atoms with Gasteiger partial charge in [-0.2, -0.15) is 4.31 Å². The number of nitrogens with one attached hydrogen (secondary N) is 2. The Bertz CT molecular complexity index is 1110. The summed E-state index contributed by atoms with van der Waals surface area (Å²) in [4.78, 5) is 24.7. The van der Waals surface area contributed by atoms with Gasteiger partial charge in [0.05, 0.1) is 22.3 Å². The monoisotopic (exact) mass is 497 g/mol. The fraction of sp³-hybridized carbons (Fsp3) is 0.364. The number of hydrogen-bond acceptors (Lipinski definition) is 4. The fourth-order valence-corrected chi connectivity index (χ4v) is 5.74. The summed E-state index contributed by atoms with van der Waals surface area (Å²) in [6, 6.07) is 9.26. The van der Waals surface area contributed by atoms with Crippen LogP contribution in [0.2, 0.25) is 10.0 Å². The van der Waals surface area contributed by atoms with E-state index in [1.54, 1.807) is 18.2 Å². The van der Waals surface area contributed by atoms with E-state index in [-0.39, 0.29) is 22.0 Å². The SMILES string of the molecule is Cc1ccc(NC(=O)CNC(=O)c2ccc(Cl)c(S(=O)(=O)N3CCCCCC3)c2)c(Cl)c1. The molecule has 2 N–H and O–H groups in total. The number of carbonyl (C=O) groups is 2.